The lowest BCUT2D eigenvalue weighted by Crippen LogP contribution is -2.41. The Bertz CT molecular complexity index is 946. The molecule has 1 fully saturated rings. The number of benzene rings is 1. The van der Waals surface area contributed by atoms with Crippen molar-refractivity contribution in [3.8, 4) is 0 Å². The molecule has 164 valence electrons. The molecule has 1 saturated heterocycles. The maximum Gasteiger partial charge on any atom is 0.252 e. The number of carbonyl (C=O) groups excluding carboxylic acids is 2. The van der Waals surface area contributed by atoms with Crippen molar-refractivity contribution in [1.29, 1.82) is 0 Å². The van der Waals surface area contributed by atoms with Gasteiger partial charge < -0.3 is 15.8 Å². The molecule has 2 heterocycles. The number of morpholine rings is 1. The van der Waals surface area contributed by atoms with E-state index in [1.54, 1.807) is 12.1 Å². The van der Waals surface area contributed by atoms with Crippen LogP contribution < -0.4 is 11.1 Å². The van der Waals surface area contributed by atoms with Gasteiger partial charge in [0.2, 0.25) is 15.9 Å². The maximum atomic E-state index is 12.9. The van der Waals surface area contributed by atoms with Crippen LogP contribution in [-0.2, 0) is 25.0 Å². The van der Waals surface area contributed by atoms with Crippen molar-refractivity contribution in [3.05, 3.63) is 45.7 Å². The molecule has 0 aromatic heterocycles. The van der Waals surface area contributed by atoms with E-state index >= 15 is 0 Å². The van der Waals surface area contributed by atoms with Crippen LogP contribution in [-0.4, -0.2) is 56.2 Å². The molecule has 2 amide bonds. The summed E-state index contributed by atoms with van der Waals surface area (Å²) in [5.41, 5.74) is 6.95. The average molecular weight is 454 g/mol. The summed E-state index contributed by atoms with van der Waals surface area (Å²) >= 11 is 0.936. The van der Waals surface area contributed by atoms with Crippen molar-refractivity contribution in [2.75, 3.05) is 26.3 Å². The van der Waals surface area contributed by atoms with Crippen LogP contribution in [0.15, 0.2) is 34.6 Å². The summed E-state index contributed by atoms with van der Waals surface area (Å²) in [4.78, 5) is 24.6. The van der Waals surface area contributed by atoms with Crippen LogP contribution in [0.4, 0.5) is 0 Å². The van der Waals surface area contributed by atoms with Gasteiger partial charge in [-0.3, -0.25) is 9.59 Å². The third kappa shape index (κ3) is 4.88. The molecule has 2 aliphatic heterocycles. The molecule has 2 unspecified atom stereocenters. The Hall–Kier alpha value is -1.88. The fourth-order valence-electron chi connectivity index (χ4n) is 3.22. The van der Waals surface area contributed by atoms with Crippen LogP contribution in [0, 0.1) is 5.92 Å². The fourth-order valence-corrected chi connectivity index (χ4v) is 6.53. The number of hydrogen-bond donors (Lipinski definition) is 2. The highest BCUT2D eigenvalue weighted by molar-refractivity contribution is 8.18. The molecule has 0 aliphatic carbocycles. The van der Waals surface area contributed by atoms with Gasteiger partial charge in [-0.1, -0.05) is 44.7 Å². The number of nitrogens with two attached hydrogens (primary N) is 1. The predicted molar refractivity (Wildman–Crippen MR) is 116 cm³/mol. The Morgan fingerprint density at radius 2 is 1.77 bits per heavy atom. The summed E-state index contributed by atoms with van der Waals surface area (Å²) in [6.07, 6.45) is 1.34. The molecule has 1 aromatic carbocycles. The summed E-state index contributed by atoms with van der Waals surface area (Å²) in [7, 11) is -3.77. The number of ether oxygens (including phenoxy) is 1. The Morgan fingerprint density at radius 1 is 1.17 bits per heavy atom. The Labute approximate surface area is 181 Å². The zero-order chi connectivity index (χ0) is 22.1. The van der Waals surface area contributed by atoms with Gasteiger partial charge >= 0.3 is 0 Å². The highest BCUT2D eigenvalue weighted by Gasteiger charge is 2.40. The normalized spacial score (nSPS) is 23.1. The molecule has 8 nitrogen and oxygen atoms in total. The first-order chi connectivity index (χ1) is 14.0. The summed E-state index contributed by atoms with van der Waals surface area (Å²) < 4.78 is 32.4. The van der Waals surface area contributed by atoms with E-state index in [0.717, 1.165) is 17.3 Å². The predicted octanol–water partition coefficient (Wildman–Crippen LogP) is 1.39. The van der Waals surface area contributed by atoms with Gasteiger partial charge in [0.15, 0.2) is 0 Å². The number of rotatable bonds is 5. The lowest BCUT2D eigenvalue weighted by molar-refractivity contribution is -0.120. The highest BCUT2D eigenvalue weighted by atomic mass is 32.3. The number of nitrogens with one attached hydrogen (secondary N) is 1. The van der Waals surface area contributed by atoms with Crippen molar-refractivity contribution in [1.82, 2.24) is 9.62 Å². The number of thioether (sulfide) groups is 1. The van der Waals surface area contributed by atoms with Crippen LogP contribution in [0.1, 0.15) is 36.7 Å². The van der Waals surface area contributed by atoms with Gasteiger partial charge in [-0.15, -0.1) is 0 Å². The first-order valence-electron chi connectivity index (χ1n) is 9.67. The number of nitrogens with zero attached hydrogens (tertiary/aromatic N) is 1. The number of amides is 2. The maximum absolute atomic E-state index is 12.9. The molecule has 0 saturated carbocycles. The lowest BCUT2D eigenvalue weighted by Gasteiger charge is -2.26. The minimum Gasteiger partial charge on any atom is -0.379 e. The number of sulfonamides is 1. The van der Waals surface area contributed by atoms with Crippen LogP contribution in [0.25, 0.3) is 0 Å². The second-order valence-corrected chi connectivity index (χ2v) is 11.6. The van der Waals surface area contributed by atoms with E-state index in [4.69, 9.17) is 10.5 Å². The third-order valence-electron chi connectivity index (χ3n) is 5.06. The fraction of sp³-hybridized carbons (Fsp3) is 0.500. The minimum absolute atomic E-state index is 0.0292. The summed E-state index contributed by atoms with van der Waals surface area (Å²) in [6.45, 7) is 7.38. The highest BCUT2D eigenvalue weighted by Crippen LogP contribution is 2.40. The largest absolute Gasteiger partial charge is 0.379 e. The minimum atomic E-state index is -3.77. The SMILES string of the molecule is CC(C)(C)c1ccc(C(=O)NC2SC(S(=O)(=O)N3CCOCC3)=CC2C(N)=O)cc1. The molecule has 30 heavy (non-hydrogen) atoms. The molecule has 10 heteroatoms. The monoisotopic (exact) mass is 453 g/mol. The van der Waals surface area contributed by atoms with Crippen molar-refractivity contribution in [2.45, 2.75) is 31.6 Å². The van der Waals surface area contributed by atoms with Gasteiger partial charge in [-0.05, 0) is 29.2 Å². The van der Waals surface area contributed by atoms with Gasteiger partial charge in [-0.2, -0.15) is 4.31 Å². The van der Waals surface area contributed by atoms with Crippen LogP contribution in [0.3, 0.4) is 0 Å². The first kappa shape index (κ1) is 22.8. The van der Waals surface area contributed by atoms with Gasteiger partial charge in [0, 0.05) is 18.7 Å². The molecule has 0 spiro atoms. The van der Waals surface area contributed by atoms with Gasteiger partial charge in [0.1, 0.15) is 4.24 Å². The zero-order valence-corrected chi connectivity index (χ0v) is 18.9. The molecular formula is C20H27N3O5S2. The Kier molecular flexibility index (Phi) is 6.61. The smallest absolute Gasteiger partial charge is 0.252 e. The van der Waals surface area contributed by atoms with E-state index in [0.29, 0.717) is 18.8 Å². The molecule has 3 rings (SSSR count). The quantitative estimate of drug-likeness (QED) is 0.695. The number of hydrogen-bond acceptors (Lipinski definition) is 6. The summed E-state index contributed by atoms with van der Waals surface area (Å²) in [6, 6.07) is 7.20. The summed E-state index contributed by atoms with van der Waals surface area (Å²) in [5, 5.41) is 1.96. The van der Waals surface area contributed by atoms with Gasteiger partial charge in [-0.25, -0.2) is 8.42 Å². The van der Waals surface area contributed by atoms with E-state index < -0.39 is 33.1 Å². The van der Waals surface area contributed by atoms with Crippen molar-refractivity contribution in [3.63, 3.8) is 0 Å². The van der Waals surface area contributed by atoms with Crippen LogP contribution >= 0.6 is 11.8 Å². The average Bonchev–Trinajstić information content (AvgIpc) is 3.13. The number of carbonyl (C=O) groups is 2. The molecular weight excluding hydrogens is 426 g/mol. The van der Waals surface area contributed by atoms with E-state index in [1.165, 1.54) is 10.4 Å². The summed E-state index contributed by atoms with van der Waals surface area (Å²) in [5.74, 6) is -2.00. The first-order valence-corrected chi connectivity index (χ1v) is 12.0. The topological polar surface area (TPSA) is 119 Å². The second-order valence-electron chi connectivity index (χ2n) is 8.27. The van der Waals surface area contributed by atoms with E-state index in [2.05, 4.69) is 26.1 Å². The van der Waals surface area contributed by atoms with E-state index in [-0.39, 0.29) is 22.7 Å². The van der Waals surface area contributed by atoms with Crippen LogP contribution in [0.2, 0.25) is 0 Å². The molecule has 2 atom stereocenters. The standard InChI is InChI=1S/C20H27N3O5S2/c1-20(2,3)14-6-4-13(5-7-14)18(25)22-19-15(17(21)24)12-16(29-19)30(26,27)23-8-10-28-11-9-23/h4-7,12,15,19H,8-11H2,1-3H3,(H2,21,24)(H,22,25). The lowest BCUT2D eigenvalue weighted by atomic mass is 9.87. The molecule has 1 aromatic rings. The number of primary amides is 1. The Morgan fingerprint density at radius 3 is 2.30 bits per heavy atom. The van der Waals surface area contributed by atoms with E-state index in [1.807, 2.05) is 12.1 Å². The van der Waals surface area contributed by atoms with Crippen LogP contribution in [0.5, 0.6) is 0 Å². The van der Waals surface area contributed by atoms with Gasteiger partial charge in [0.25, 0.3) is 5.91 Å². The zero-order valence-electron chi connectivity index (χ0n) is 17.3. The second kappa shape index (κ2) is 8.70. The Balaban J connectivity index is 1.74. The van der Waals surface area contributed by atoms with Gasteiger partial charge in [0.05, 0.1) is 24.5 Å². The molecule has 3 N–H and O–H groups in total. The van der Waals surface area contributed by atoms with Crippen molar-refractivity contribution >= 4 is 33.6 Å². The van der Waals surface area contributed by atoms with Crippen molar-refractivity contribution in [2.24, 2.45) is 11.7 Å². The third-order valence-corrected chi connectivity index (χ3v) is 8.71. The molecule has 0 bridgehead atoms. The van der Waals surface area contributed by atoms with E-state index in [9.17, 15) is 18.0 Å². The molecule has 0 radical (unpaired) electrons. The molecule has 2 aliphatic rings. The van der Waals surface area contributed by atoms with Crippen molar-refractivity contribution < 1.29 is 22.7 Å².